The number of thiophene rings is 1. The van der Waals surface area contributed by atoms with Gasteiger partial charge in [-0.2, -0.15) is 0 Å². The van der Waals surface area contributed by atoms with Gasteiger partial charge in [-0.05, 0) is 42.5 Å². The summed E-state index contributed by atoms with van der Waals surface area (Å²) in [4.78, 5) is 39.3. The van der Waals surface area contributed by atoms with Crippen molar-refractivity contribution < 1.29 is 23.5 Å². The van der Waals surface area contributed by atoms with E-state index >= 15 is 0 Å². The molecule has 0 spiro atoms. The number of esters is 1. The molecule has 3 rings (SSSR count). The van der Waals surface area contributed by atoms with Gasteiger partial charge in [-0.1, -0.05) is 6.07 Å². The lowest BCUT2D eigenvalue weighted by atomic mass is 10.1. The Hall–Kier alpha value is -2.74. The third kappa shape index (κ3) is 4.33. The molecule has 1 aliphatic heterocycles. The molecule has 1 fully saturated rings. The topological polar surface area (TPSA) is 75.7 Å². The summed E-state index contributed by atoms with van der Waals surface area (Å²) in [5.41, 5.74) is 0.0201. The second-order valence-corrected chi connectivity index (χ2v) is 7.21. The Balaban J connectivity index is 1.71. The summed E-state index contributed by atoms with van der Waals surface area (Å²) < 4.78 is 18.7. The lowest BCUT2D eigenvalue weighted by molar-refractivity contribution is -0.136. The highest BCUT2D eigenvalue weighted by Gasteiger charge is 2.34. The third-order valence-corrected chi connectivity index (χ3v) is 5.30. The van der Waals surface area contributed by atoms with E-state index in [0.29, 0.717) is 19.4 Å². The van der Waals surface area contributed by atoms with E-state index in [9.17, 15) is 18.8 Å². The zero-order chi connectivity index (χ0) is 19.4. The van der Waals surface area contributed by atoms with Crippen molar-refractivity contribution in [1.82, 2.24) is 4.90 Å². The van der Waals surface area contributed by atoms with Crippen LogP contribution in [0.3, 0.4) is 0 Å². The molecule has 2 heterocycles. The molecule has 1 N–H and O–H groups in total. The van der Waals surface area contributed by atoms with Crippen molar-refractivity contribution in [3.8, 4) is 0 Å². The van der Waals surface area contributed by atoms with E-state index in [0.717, 1.165) is 10.9 Å². The van der Waals surface area contributed by atoms with E-state index in [1.807, 2.05) is 17.5 Å². The van der Waals surface area contributed by atoms with Crippen LogP contribution in [-0.2, 0) is 20.7 Å². The largest absolute Gasteiger partial charge is 0.465 e. The van der Waals surface area contributed by atoms with E-state index in [4.69, 9.17) is 0 Å². The van der Waals surface area contributed by atoms with Crippen LogP contribution < -0.4 is 5.32 Å². The van der Waals surface area contributed by atoms with Crippen molar-refractivity contribution in [1.29, 1.82) is 0 Å². The number of rotatable bonds is 5. The van der Waals surface area contributed by atoms with Crippen LogP contribution in [0.4, 0.5) is 10.1 Å². The molecule has 2 aromatic rings. The van der Waals surface area contributed by atoms with Gasteiger partial charge in [0.1, 0.15) is 11.9 Å². The Labute approximate surface area is 159 Å². The van der Waals surface area contributed by atoms with Gasteiger partial charge < -0.3 is 15.0 Å². The number of hydrogen-bond donors (Lipinski definition) is 1. The maximum atomic E-state index is 14.0. The van der Waals surface area contributed by atoms with Gasteiger partial charge in [-0.15, -0.1) is 11.3 Å². The first kappa shape index (κ1) is 19.0. The molecule has 1 atom stereocenters. The molecule has 27 heavy (non-hydrogen) atoms. The van der Waals surface area contributed by atoms with E-state index < -0.39 is 23.7 Å². The van der Waals surface area contributed by atoms with E-state index in [1.165, 1.54) is 35.5 Å². The minimum atomic E-state index is -0.662. The molecular formula is C19H19FN2O4S. The Morgan fingerprint density at radius 2 is 2.15 bits per heavy atom. The Morgan fingerprint density at radius 1 is 1.33 bits per heavy atom. The van der Waals surface area contributed by atoms with E-state index in [2.05, 4.69) is 10.1 Å². The second kappa shape index (κ2) is 8.30. The van der Waals surface area contributed by atoms with Crippen molar-refractivity contribution in [3.05, 3.63) is 52.0 Å². The number of amides is 2. The molecule has 2 amide bonds. The van der Waals surface area contributed by atoms with Crippen LogP contribution in [-0.4, -0.2) is 42.4 Å². The van der Waals surface area contributed by atoms with Crippen molar-refractivity contribution in [2.75, 3.05) is 19.0 Å². The number of nitrogens with one attached hydrogen (secondary N) is 1. The van der Waals surface area contributed by atoms with Gasteiger partial charge in [0, 0.05) is 11.4 Å². The van der Waals surface area contributed by atoms with Gasteiger partial charge in [-0.25, -0.2) is 9.18 Å². The van der Waals surface area contributed by atoms with E-state index in [1.54, 1.807) is 0 Å². The molecule has 1 unspecified atom stereocenters. The fourth-order valence-corrected chi connectivity index (χ4v) is 3.78. The normalized spacial score (nSPS) is 16.2. The zero-order valence-electron chi connectivity index (χ0n) is 14.7. The first-order valence-electron chi connectivity index (χ1n) is 8.50. The van der Waals surface area contributed by atoms with Gasteiger partial charge in [0.15, 0.2) is 0 Å². The fourth-order valence-electron chi connectivity index (χ4n) is 3.08. The van der Waals surface area contributed by atoms with Crippen LogP contribution in [0.2, 0.25) is 0 Å². The van der Waals surface area contributed by atoms with Crippen molar-refractivity contribution in [3.63, 3.8) is 0 Å². The molecule has 0 radical (unpaired) electrons. The highest BCUT2D eigenvalue weighted by molar-refractivity contribution is 7.10. The summed E-state index contributed by atoms with van der Waals surface area (Å²) in [5.74, 6) is -1.88. The SMILES string of the molecule is COC(=O)c1ccc(F)c(NC(=O)C2CCCN2C(=O)Cc2cccs2)c1. The van der Waals surface area contributed by atoms with Crippen LogP contribution in [0.1, 0.15) is 28.1 Å². The molecule has 0 bridgehead atoms. The lowest BCUT2D eigenvalue weighted by Gasteiger charge is -2.24. The molecule has 1 saturated heterocycles. The summed E-state index contributed by atoms with van der Waals surface area (Å²) >= 11 is 1.49. The number of benzene rings is 1. The molecule has 0 saturated carbocycles. The standard InChI is InChI=1S/C19H19FN2O4S/c1-26-19(25)12-6-7-14(20)15(10-12)21-18(24)16-5-2-8-22(16)17(23)11-13-4-3-9-27-13/h3-4,6-7,9-10,16H,2,5,8,11H2,1H3,(H,21,24). The van der Waals surface area contributed by atoms with Crippen molar-refractivity contribution in [2.24, 2.45) is 0 Å². The van der Waals surface area contributed by atoms with Gasteiger partial charge in [-0.3, -0.25) is 9.59 Å². The summed E-state index contributed by atoms with van der Waals surface area (Å²) in [7, 11) is 1.22. The molecule has 0 aliphatic carbocycles. The zero-order valence-corrected chi connectivity index (χ0v) is 15.6. The molecule has 1 aliphatic rings. The number of anilines is 1. The molecule has 8 heteroatoms. The monoisotopic (exact) mass is 390 g/mol. The van der Waals surface area contributed by atoms with Crippen LogP contribution in [0, 0.1) is 5.82 Å². The van der Waals surface area contributed by atoms with Crippen molar-refractivity contribution >= 4 is 34.8 Å². The predicted octanol–water partition coefficient (Wildman–Crippen LogP) is 2.85. The highest BCUT2D eigenvalue weighted by atomic mass is 32.1. The Kier molecular flexibility index (Phi) is 5.85. The van der Waals surface area contributed by atoms with E-state index in [-0.39, 0.29) is 23.6 Å². The first-order valence-corrected chi connectivity index (χ1v) is 9.38. The van der Waals surface area contributed by atoms with Gasteiger partial charge in [0.2, 0.25) is 11.8 Å². The summed E-state index contributed by atoms with van der Waals surface area (Å²) in [6, 6.07) is 6.70. The number of nitrogens with zero attached hydrogens (tertiary/aromatic N) is 1. The number of carbonyl (C=O) groups excluding carboxylic acids is 3. The number of methoxy groups -OCH3 is 1. The fraction of sp³-hybridized carbons (Fsp3) is 0.316. The number of likely N-dealkylation sites (tertiary alicyclic amines) is 1. The van der Waals surface area contributed by atoms with Gasteiger partial charge in [0.05, 0.1) is 24.8 Å². The first-order chi connectivity index (χ1) is 13.0. The summed E-state index contributed by atoms with van der Waals surface area (Å²) in [5, 5.41) is 4.40. The number of ether oxygens (including phenoxy) is 1. The average molecular weight is 390 g/mol. The minimum Gasteiger partial charge on any atom is -0.465 e. The molecule has 142 valence electrons. The smallest absolute Gasteiger partial charge is 0.337 e. The molecule has 1 aromatic heterocycles. The number of carbonyl (C=O) groups is 3. The van der Waals surface area contributed by atoms with Gasteiger partial charge in [0.25, 0.3) is 0 Å². The quantitative estimate of drug-likeness (QED) is 0.797. The number of halogens is 1. The van der Waals surface area contributed by atoms with Crippen LogP contribution >= 0.6 is 11.3 Å². The van der Waals surface area contributed by atoms with Crippen LogP contribution in [0.5, 0.6) is 0 Å². The Bertz CT molecular complexity index is 853. The average Bonchev–Trinajstić information content (AvgIpc) is 3.34. The van der Waals surface area contributed by atoms with Gasteiger partial charge >= 0.3 is 5.97 Å². The summed E-state index contributed by atoms with van der Waals surface area (Å²) in [6.45, 7) is 0.493. The predicted molar refractivity (Wildman–Crippen MR) is 99.1 cm³/mol. The number of hydrogen-bond acceptors (Lipinski definition) is 5. The van der Waals surface area contributed by atoms with Crippen molar-refractivity contribution in [2.45, 2.75) is 25.3 Å². The maximum absolute atomic E-state index is 14.0. The lowest BCUT2D eigenvalue weighted by Crippen LogP contribution is -2.43. The van der Waals surface area contributed by atoms with Crippen LogP contribution in [0.15, 0.2) is 35.7 Å². The second-order valence-electron chi connectivity index (χ2n) is 6.18. The Morgan fingerprint density at radius 3 is 2.85 bits per heavy atom. The third-order valence-electron chi connectivity index (χ3n) is 4.43. The maximum Gasteiger partial charge on any atom is 0.337 e. The molecular weight excluding hydrogens is 371 g/mol. The molecule has 1 aromatic carbocycles. The highest BCUT2D eigenvalue weighted by Crippen LogP contribution is 2.23. The summed E-state index contributed by atoms with van der Waals surface area (Å²) in [6.07, 6.45) is 1.47. The molecule has 6 nitrogen and oxygen atoms in total. The minimum absolute atomic E-state index is 0.111. The van der Waals surface area contributed by atoms with Crippen LogP contribution in [0.25, 0.3) is 0 Å².